The van der Waals surface area contributed by atoms with Crippen LogP contribution in [-0.2, 0) is 10.3 Å². The van der Waals surface area contributed by atoms with Crippen LogP contribution in [-0.4, -0.2) is 33.6 Å². The Morgan fingerprint density at radius 1 is 1.05 bits per heavy atom. The Hall–Kier alpha value is -3.89. The molecular weight excluding hydrogens is 565 g/mol. The molecule has 41 heavy (non-hydrogen) atoms. The van der Waals surface area contributed by atoms with Gasteiger partial charge in [0.05, 0.1) is 24.1 Å². The van der Waals surface area contributed by atoms with Crippen molar-refractivity contribution in [3.63, 3.8) is 0 Å². The van der Waals surface area contributed by atoms with Crippen molar-refractivity contribution in [1.29, 1.82) is 0 Å². The maximum absolute atomic E-state index is 14.5. The van der Waals surface area contributed by atoms with Crippen molar-refractivity contribution in [2.45, 2.75) is 38.6 Å². The molecule has 3 heterocycles. The molecule has 1 spiro atoms. The normalized spacial score (nSPS) is 18.2. The zero-order valence-electron chi connectivity index (χ0n) is 22.7. The number of nitrogens with one attached hydrogen (secondary N) is 1. The average Bonchev–Trinajstić information content (AvgIpc) is 3.53. The van der Waals surface area contributed by atoms with Gasteiger partial charge in [-0.25, -0.2) is 4.98 Å². The standard InChI is InChI=1S/C30H27Cl2N5O4/c1-14(2)36-25-24(35-27(36)19-11-16(26(33)38)6-10-23(19)41-4)28(39)37(22-13-18(32)7-5-15(22)3)30(25)20-9-8-17(31)12-21(20)34-29(30)40/h5-14,26,38H,33H2,1-4H3,(H,34,40). The second kappa shape index (κ2) is 9.60. The minimum Gasteiger partial charge on any atom is -0.496 e. The van der Waals surface area contributed by atoms with Gasteiger partial charge in [0, 0.05) is 27.3 Å². The van der Waals surface area contributed by atoms with Crippen LogP contribution >= 0.6 is 23.2 Å². The van der Waals surface area contributed by atoms with Gasteiger partial charge < -0.3 is 25.5 Å². The molecule has 0 fully saturated rings. The highest BCUT2D eigenvalue weighted by Crippen LogP contribution is 2.55. The summed E-state index contributed by atoms with van der Waals surface area (Å²) in [4.78, 5) is 35.2. The zero-order chi connectivity index (χ0) is 29.4. The number of aliphatic hydroxyl groups excluding tert-OH is 1. The third-order valence-electron chi connectivity index (χ3n) is 7.68. The second-order valence-electron chi connectivity index (χ2n) is 10.4. The van der Waals surface area contributed by atoms with E-state index in [2.05, 4.69) is 5.32 Å². The number of anilines is 2. The lowest BCUT2D eigenvalue weighted by Gasteiger charge is -2.36. The van der Waals surface area contributed by atoms with Gasteiger partial charge in [-0.15, -0.1) is 0 Å². The molecule has 0 aliphatic carbocycles. The van der Waals surface area contributed by atoms with Gasteiger partial charge in [0.1, 0.15) is 17.8 Å². The van der Waals surface area contributed by atoms with Gasteiger partial charge in [-0.2, -0.15) is 0 Å². The predicted octanol–water partition coefficient (Wildman–Crippen LogP) is 5.56. The number of carbonyl (C=O) groups is 2. The van der Waals surface area contributed by atoms with Gasteiger partial charge in [-0.3, -0.25) is 14.5 Å². The van der Waals surface area contributed by atoms with Crippen molar-refractivity contribution in [3.8, 4) is 17.1 Å². The van der Waals surface area contributed by atoms with Crippen LogP contribution in [0.1, 0.15) is 59.0 Å². The van der Waals surface area contributed by atoms with E-state index >= 15 is 0 Å². The summed E-state index contributed by atoms with van der Waals surface area (Å²) in [5.41, 5.74) is 7.95. The zero-order valence-corrected chi connectivity index (χ0v) is 24.2. The Morgan fingerprint density at radius 3 is 2.44 bits per heavy atom. The highest BCUT2D eigenvalue weighted by atomic mass is 35.5. The lowest BCUT2D eigenvalue weighted by Crippen LogP contribution is -2.51. The van der Waals surface area contributed by atoms with Gasteiger partial charge in [0.2, 0.25) is 0 Å². The summed E-state index contributed by atoms with van der Waals surface area (Å²) >= 11 is 12.7. The molecular formula is C30H27Cl2N5O4. The summed E-state index contributed by atoms with van der Waals surface area (Å²) in [6.07, 6.45) is -1.24. The van der Waals surface area contributed by atoms with E-state index in [1.165, 1.54) is 12.0 Å². The first kappa shape index (κ1) is 27.3. The van der Waals surface area contributed by atoms with Gasteiger partial charge in [0.15, 0.2) is 11.2 Å². The number of carbonyl (C=O) groups excluding carboxylic acids is 2. The molecule has 3 aromatic carbocycles. The third-order valence-corrected chi connectivity index (χ3v) is 8.15. The van der Waals surface area contributed by atoms with Crippen LogP contribution in [0.5, 0.6) is 5.75 Å². The van der Waals surface area contributed by atoms with Gasteiger partial charge in [0.25, 0.3) is 11.8 Å². The van der Waals surface area contributed by atoms with E-state index in [9.17, 15) is 14.7 Å². The minimum atomic E-state index is -1.62. The predicted molar refractivity (Wildman–Crippen MR) is 158 cm³/mol. The topological polar surface area (TPSA) is 123 Å². The number of methoxy groups -OCH3 is 1. The molecule has 2 aliphatic rings. The molecule has 4 N–H and O–H groups in total. The van der Waals surface area contributed by atoms with Crippen LogP contribution in [0.15, 0.2) is 54.6 Å². The number of halogens is 2. The first-order chi connectivity index (χ1) is 19.5. The van der Waals surface area contributed by atoms with E-state index in [4.69, 9.17) is 38.7 Å². The molecule has 0 saturated heterocycles. The summed E-state index contributed by atoms with van der Waals surface area (Å²) in [5.74, 6) is -0.0209. The Bertz CT molecular complexity index is 1770. The SMILES string of the molecule is COc1ccc(C(N)O)cc1-c1nc2c(n1C(C)C)C1(C(=O)Nc3cc(Cl)ccc31)N(c1cc(Cl)ccc1C)C2=O. The number of fused-ring (bicyclic) bond motifs is 4. The largest absolute Gasteiger partial charge is 0.496 e. The third kappa shape index (κ3) is 3.80. The van der Waals surface area contributed by atoms with Crippen molar-refractivity contribution < 1.29 is 19.4 Å². The molecule has 4 aromatic rings. The van der Waals surface area contributed by atoms with E-state index in [0.29, 0.717) is 55.4 Å². The number of aryl methyl sites for hydroxylation is 1. The Balaban J connectivity index is 1.74. The van der Waals surface area contributed by atoms with Crippen molar-refractivity contribution in [2.75, 3.05) is 17.3 Å². The molecule has 2 unspecified atom stereocenters. The van der Waals surface area contributed by atoms with Crippen molar-refractivity contribution in [3.05, 3.63) is 92.7 Å². The van der Waals surface area contributed by atoms with Crippen LogP contribution in [0.3, 0.4) is 0 Å². The van der Waals surface area contributed by atoms with Crippen LogP contribution in [0.25, 0.3) is 11.4 Å². The van der Waals surface area contributed by atoms with Crippen LogP contribution < -0.4 is 20.7 Å². The number of aliphatic hydroxyl groups is 1. The number of amides is 2. The molecule has 0 radical (unpaired) electrons. The van der Waals surface area contributed by atoms with Gasteiger partial charge in [-0.05, 0) is 68.3 Å². The number of rotatable bonds is 5. The first-order valence-corrected chi connectivity index (χ1v) is 13.7. The second-order valence-corrected chi connectivity index (χ2v) is 11.3. The maximum Gasteiger partial charge on any atom is 0.280 e. The molecule has 2 atom stereocenters. The molecule has 2 amide bonds. The summed E-state index contributed by atoms with van der Waals surface area (Å²) in [7, 11) is 1.52. The molecule has 2 aliphatic heterocycles. The van der Waals surface area contributed by atoms with Gasteiger partial charge in [-0.1, -0.05) is 41.4 Å². The average molecular weight is 592 g/mol. The fraction of sp³-hybridized carbons (Fsp3) is 0.233. The van der Waals surface area contributed by atoms with Crippen LogP contribution in [0, 0.1) is 6.92 Å². The highest BCUT2D eigenvalue weighted by molar-refractivity contribution is 6.32. The van der Waals surface area contributed by atoms with Crippen molar-refractivity contribution in [2.24, 2.45) is 5.73 Å². The molecule has 1 aromatic heterocycles. The molecule has 9 nitrogen and oxygen atoms in total. The number of hydrogen-bond acceptors (Lipinski definition) is 6. The highest BCUT2D eigenvalue weighted by Gasteiger charge is 2.64. The number of nitrogens with zero attached hydrogens (tertiary/aromatic N) is 3. The fourth-order valence-corrected chi connectivity index (χ4v) is 6.25. The quantitative estimate of drug-likeness (QED) is 0.261. The van der Waals surface area contributed by atoms with Crippen LogP contribution in [0.4, 0.5) is 11.4 Å². The fourth-order valence-electron chi connectivity index (χ4n) is 5.91. The summed E-state index contributed by atoms with van der Waals surface area (Å²) < 4.78 is 7.52. The smallest absolute Gasteiger partial charge is 0.280 e. The monoisotopic (exact) mass is 591 g/mol. The van der Waals surface area contributed by atoms with Gasteiger partial charge >= 0.3 is 0 Å². The molecule has 210 valence electrons. The number of nitrogens with two attached hydrogens (primary N) is 1. The number of hydrogen-bond donors (Lipinski definition) is 3. The van der Waals surface area contributed by atoms with E-state index in [0.717, 1.165) is 5.56 Å². The summed E-state index contributed by atoms with van der Waals surface area (Å²) in [6.45, 7) is 5.75. The van der Waals surface area contributed by atoms with E-state index in [-0.39, 0.29) is 11.7 Å². The molecule has 0 bridgehead atoms. The number of imidazole rings is 1. The van der Waals surface area contributed by atoms with Crippen molar-refractivity contribution in [1.82, 2.24) is 9.55 Å². The molecule has 0 saturated carbocycles. The Kier molecular flexibility index (Phi) is 6.39. The lowest BCUT2D eigenvalue weighted by atomic mass is 9.86. The van der Waals surface area contributed by atoms with E-state index in [1.54, 1.807) is 54.6 Å². The molecule has 11 heteroatoms. The summed E-state index contributed by atoms with van der Waals surface area (Å²) in [6, 6.07) is 15.1. The minimum absolute atomic E-state index is 0.117. The van der Waals surface area contributed by atoms with Crippen molar-refractivity contribution >= 4 is 46.4 Å². The number of aromatic nitrogens is 2. The Labute approximate surface area is 246 Å². The lowest BCUT2D eigenvalue weighted by molar-refractivity contribution is -0.119. The van der Waals surface area contributed by atoms with E-state index in [1.807, 2.05) is 25.3 Å². The number of ether oxygens (including phenoxy) is 1. The van der Waals surface area contributed by atoms with Crippen LogP contribution in [0.2, 0.25) is 10.0 Å². The maximum atomic E-state index is 14.5. The molecule has 6 rings (SSSR count). The number of benzene rings is 3. The Morgan fingerprint density at radius 2 is 1.76 bits per heavy atom. The first-order valence-electron chi connectivity index (χ1n) is 13.0. The summed E-state index contributed by atoms with van der Waals surface area (Å²) in [5, 5.41) is 13.9. The van der Waals surface area contributed by atoms with E-state index < -0.39 is 23.6 Å².